The van der Waals surface area contributed by atoms with Crippen LogP contribution in [0.3, 0.4) is 0 Å². The Kier molecular flexibility index (Phi) is 6.34. The van der Waals surface area contributed by atoms with Gasteiger partial charge in [-0.15, -0.1) is 11.8 Å². The number of carbonyl (C=O) groups is 1. The lowest BCUT2D eigenvalue weighted by Crippen LogP contribution is -2.13. The van der Waals surface area contributed by atoms with Crippen molar-refractivity contribution in [1.82, 2.24) is 9.97 Å². The molecule has 0 N–H and O–H groups in total. The van der Waals surface area contributed by atoms with E-state index in [0.29, 0.717) is 27.4 Å². The van der Waals surface area contributed by atoms with Crippen molar-refractivity contribution in [2.24, 2.45) is 0 Å². The SMILES string of the molecule is CCSc1cc(Br)cnc1C(=O)Cc1ncc(C(F)(F)F)cc1[N+](=O)[O-]. The van der Waals surface area contributed by atoms with E-state index in [1.165, 1.54) is 18.0 Å². The molecule has 0 saturated heterocycles. The molecule has 0 aliphatic carbocycles. The number of hydrogen-bond acceptors (Lipinski definition) is 6. The summed E-state index contributed by atoms with van der Waals surface area (Å²) in [6.07, 6.45) is -3.41. The van der Waals surface area contributed by atoms with Crippen LogP contribution in [0.25, 0.3) is 0 Å². The first-order valence-electron chi connectivity index (χ1n) is 7.15. The predicted molar refractivity (Wildman–Crippen MR) is 92.3 cm³/mol. The number of aromatic nitrogens is 2. The van der Waals surface area contributed by atoms with Crippen molar-refractivity contribution in [1.29, 1.82) is 0 Å². The van der Waals surface area contributed by atoms with Gasteiger partial charge in [0.25, 0.3) is 5.69 Å². The summed E-state index contributed by atoms with van der Waals surface area (Å²) < 4.78 is 38.8. The Morgan fingerprint density at radius 1 is 1.31 bits per heavy atom. The molecule has 2 rings (SSSR count). The number of thioether (sulfide) groups is 1. The Balaban J connectivity index is 2.39. The molecule has 6 nitrogen and oxygen atoms in total. The third-order valence-corrected chi connectivity index (χ3v) is 4.53. The molecule has 0 aliphatic heterocycles. The van der Waals surface area contributed by atoms with Crippen LogP contribution >= 0.6 is 27.7 Å². The molecule has 2 aromatic rings. The van der Waals surface area contributed by atoms with Crippen LogP contribution in [0.15, 0.2) is 33.9 Å². The zero-order valence-electron chi connectivity index (χ0n) is 13.2. The third kappa shape index (κ3) is 4.79. The summed E-state index contributed by atoms with van der Waals surface area (Å²) in [6.45, 7) is 1.88. The maximum Gasteiger partial charge on any atom is 0.418 e. The number of nitrogens with zero attached hydrogens (tertiary/aromatic N) is 3. The van der Waals surface area contributed by atoms with E-state index in [1.807, 2.05) is 6.92 Å². The van der Waals surface area contributed by atoms with E-state index in [1.54, 1.807) is 6.07 Å². The maximum absolute atomic E-state index is 12.7. The van der Waals surface area contributed by atoms with E-state index >= 15 is 0 Å². The van der Waals surface area contributed by atoms with Crippen LogP contribution in [0.4, 0.5) is 18.9 Å². The van der Waals surface area contributed by atoms with E-state index in [-0.39, 0.29) is 11.4 Å². The first kappa shape index (κ1) is 20.3. The standard InChI is InChI=1S/C15H11BrF3N3O3S/c1-2-26-13-4-9(16)7-21-14(13)12(23)5-10-11(22(24)25)3-8(6-20-10)15(17,18)19/h3-4,6-7H,2,5H2,1H3. The van der Waals surface area contributed by atoms with Gasteiger partial charge in [-0.05, 0) is 27.7 Å². The van der Waals surface area contributed by atoms with Gasteiger partial charge in [0.1, 0.15) is 11.4 Å². The minimum atomic E-state index is -4.77. The Hall–Kier alpha value is -2.01. The van der Waals surface area contributed by atoms with Crippen LogP contribution in [0.1, 0.15) is 28.7 Å². The Morgan fingerprint density at radius 3 is 2.58 bits per heavy atom. The first-order chi connectivity index (χ1) is 12.1. The second-order valence-corrected chi connectivity index (χ2v) is 7.20. The quantitative estimate of drug-likeness (QED) is 0.275. The summed E-state index contributed by atoms with van der Waals surface area (Å²) in [5.41, 5.74) is -2.35. The molecular weight excluding hydrogens is 439 g/mol. The zero-order valence-corrected chi connectivity index (χ0v) is 15.6. The van der Waals surface area contributed by atoms with Crippen molar-refractivity contribution in [2.75, 3.05) is 5.75 Å². The summed E-state index contributed by atoms with van der Waals surface area (Å²) >= 11 is 4.60. The summed E-state index contributed by atoms with van der Waals surface area (Å²) in [6, 6.07) is 2.06. The van der Waals surface area contributed by atoms with E-state index in [2.05, 4.69) is 25.9 Å². The number of Topliss-reactive ketones (excluding diaryl/α,β-unsaturated/α-hetero) is 1. The fourth-order valence-corrected chi connectivity index (χ4v) is 3.37. The molecule has 2 heterocycles. The number of rotatable bonds is 6. The van der Waals surface area contributed by atoms with Crippen LogP contribution < -0.4 is 0 Å². The fraction of sp³-hybridized carbons (Fsp3) is 0.267. The van der Waals surface area contributed by atoms with Gasteiger partial charge in [-0.1, -0.05) is 6.92 Å². The molecule has 0 aromatic carbocycles. The van der Waals surface area contributed by atoms with Gasteiger partial charge in [-0.2, -0.15) is 13.2 Å². The molecule has 0 fully saturated rings. The van der Waals surface area contributed by atoms with Gasteiger partial charge in [0, 0.05) is 27.8 Å². The number of nitro groups is 1. The number of alkyl halides is 3. The molecule has 0 radical (unpaired) electrons. The minimum absolute atomic E-state index is 0.0936. The molecule has 0 bridgehead atoms. The predicted octanol–water partition coefficient (Wildman–Crippen LogP) is 4.70. The molecule has 0 unspecified atom stereocenters. The van der Waals surface area contributed by atoms with Gasteiger partial charge in [0.15, 0.2) is 5.78 Å². The van der Waals surface area contributed by atoms with Gasteiger partial charge in [0.2, 0.25) is 0 Å². The lowest BCUT2D eigenvalue weighted by molar-refractivity contribution is -0.386. The normalized spacial score (nSPS) is 11.4. The molecule has 138 valence electrons. The highest BCUT2D eigenvalue weighted by Gasteiger charge is 2.34. The Morgan fingerprint density at radius 2 is 2.00 bits per heavy atom. The number of hydrogen-bond donors (Lipinski definition) is 0. The van der Waals surface area contributed by atoms with Gasteiger partial charge >= 0.3 is 6.18 Å². The van der Waals surface area contributed by atoms with E-state index < -0.39 is 34.6 Å². The summed E-state index contributed by atoms with van der Waals surface area (Å²) in [7, 11) is 0. The van der Waals surface area contributed by atoms with Gasteiger partial charge in [-0.25, -0.2) is 0 Å². The fourth-order valence-electron chi connectivity index (χ4n) is 2.06. The molecule has 11 heteroatoms. The van der Waals surface area contributed by atoms with Crippen LogP contribution in [0, 0.1) is 10.1 Å². The molecular formula is C15H11BrF3N3O3S. The number of ketones is 1. The van der Waals surface area contributed by atoms with E-state index in [4.69, 9.17) is 0 Å². The average molecular weight is 450 g/mol. The molecule has 0 amide bonds. The van der Waals surface area contributed by atoms with Crippen molar-refractivity contribution in [3.63, 3.8) is 0 Å². The number of halogens is 4. The lowest BCUT2D eigenvalue weighted by atomic mass is 10.1. The maximum atomic E-state index is 12.7. The lowest BCUT2D eigenvalue weighted by Gasteiger charge is -2.09. The molecule has 0 spiro atoms. The average Bonchev–Trinajstić information content (AvgIpc) is 2.54. The smallest absolute Gasteiger partial charge is 0.292 e. The molecule has 0 atom stereocenters. The van der Waals surface area contributed by atoms with E-state index in [9.17, 15) is 28.1 Å². The highest BCUT2D eigenvalue weighted by atomic mass is 79.9. The van der Waals surface area contributed by atoms with Crippen molar-refractivity contribution >= 4 is 39.2 Å². The van der Waals surface area contributed by atoms with Crippen molar-refractivity contribution < 1.29 is 22.9 Å². The van der Waals surface area contributed by atoms with Gasteiger partial charge in [-0.3, -0.25) is 24.9 Å². The van der Waals surface area contributed by atoms with Crippen LogP contribution in [-0.2, 0) is 12.6 Å². The molecule has 0 aliphatic rings. The van der Waals surface area contributed by atoms with Crippen LogP contribution in [-0.4, -0.2) is 26.4 Å². The molecule has 2 aromatic heterocycles. The van der Waals surface area contributed by atoms with Crippen LogP contribution in [0.5, 0.6) is 0 Å². The largest absolute Gasteiger partial charge is 0.418 e. The first-order valence-corrected chi connectivity index (χ1v) is 8.93. The zero-order chi connectivity index (χ0) is 19.5. The van der Waals surface area contributed by atoms with Crippen molar-refractivity contribution in [3.8, 4) is 0 Å². The topological polar surface area (TPSA) is 86.0 Å². The Bertz CT molecular complexity index is 862. The molecule has 0 saturated carbocycles. The van der Waals surface area contributed by atoms with Crippen molar-refractivity contribution in [3.05, 3.63) is 56.1 Å². The Labute approximate surface area is 158 Å². The highest BCUT2D eigenvalue weighted by molar-refractivity contribution is 9.10. The summed E-state index contributed by atoms with van der Waals surface area (Å²) in [5.74, 6) is 0.0979. The molecule has 26 heavy (non-hydrogen) atoms. The summed E-state index contributed by atoms with van der Waals surface area (Å²) in [4.78, 5) is 30.7. The highest BCUT2D eigenvalue weighted by Crippen LogP contribution is 2.32. The number of carbonyl (C=O) groups excluding carboxylic acids is 1. The minimum Gasteiger partial charge on any atom is -0.292 e. The van der Waals surface area contributed by atoms with Crippen molar-refractivity contribution in [2.45, 2.75) is 24.4 Å². The second-order valence-electron chi connectivity index (χ2n) is 4.98. The second kappa shape index (κ2) is 8.12. The van der Waals surface area contributed by atoms with Gasteiger partial charge < -0.3 is 0 Å². The number of pyridine rings is 2. The van der Waals surface area contributed by atoms with E-state index in [0.717, 1.165) is 0 Å². The van der Waals surface area contributed by atoms with Gasteiger partial charge in [0.05, 0.1) is 16.9 Å². The van der Waals surface area contributed by atoms with Crippen LogP contribution in [0.2, 0.25) is 0 Å². The third-order valence-electron chi connectivity index (χ3n) is 3.18. The summed E-state index contributed by atoms with van der Waals surface area (Å²) in [5, 5.41) is 11.1. The monoisotopic (exact) mass is 449 g/mol.